The highest BCUT2D eigenvalue weighted by Gasteiger charge is 1.97. The van der Waals surface area contributed by atoms with Crippen molar-refractivity contribution in [2.75, 3.05) is 0 Å². The van der Waals surface area contributed by atoms with E-state index in [-0.39, 0.29) is 5.91 Å². The van der Waals surface area contributed by atoms with Gasteiger partial charge in [-0.3, -0.25) is 9.79 Å². The van der Waals surface area contributed by atoms with E-state index in [1.807, 2.05) is 6.92 Å². The summed E-state index contributed by atoms with van der Waals surface area (Å²) in [6.45, 7) is 5.19. The van der Waals surface area contributed by atoms with E-state index in [0.29, 0.717) is 12.2 Å². The molecule has 0 saturated carbocycles. The number of carbonyl (C=O) groups is 1. The number of carbonyl (C=O) groups excluding carboxylic acids is 1. The average molecular weight is 181 g/mol. The molecule has 0 aliphatic heterocycles. The van der Waals surface area contributed by atoms with Gasteiger partial charge in [0.1, 0.15) is 5.82 Å². The summed E-state index contributed by atoms with van der Waals surface area (Å²) in [6, 6.07) is 0. The molecular weight excluding hydrogens is 166 g/mol. The van der Waals surface area contributed by atoms with Crippen LogP contribution in [0.2, 0.25) is 0 Å². The Bertz CT molecular complexity index is 231. The van der Waals surface area contributed by atoms with E-state index in [1.54, 1.807) is 12.2 Å². The number of nitrogens with two attached hydrogens (primary N) is 1. The highest BCUT2D eigenvalue weighted by atomic mass is 16.1. The standard InChI is InChI=1S/C9H15N3O/c1-3-5-9(13)12-8(10)6-4-7-11-2/h4,6-7H,2-3,5,10H2,1H3,(H,12,13)/b7-4-,8-6+. The summed E-state index contributed by atoms with van der Waals surface area (Å²) in [7, 11) is 0. The van der Waals surface area contributed by atoms with Crippen molar-refractivity contribution < 1.29 is 4.79 Å². The number of allylic oxidation sites excluding steroid dienone is 2. The fourth-order valence-electron chi connectivity index (χ4n) is 0.700. The monoisotopic (exact) mass is 181 g/mol. The van der Waals surface area contributed by atoms with Gasteiger partial charge in [0.05, 0.1) is 0 Å². The van der Waals surface area contributed by atoms with Crippen molar-refractivity contribution in [2.45, 2.75) is 19.8 Å². The first-order chi connectivity index (χ1) is 6.20. The van der Waals surface area contributed by atoms with Gasteiger partial charge in [-0.05, 0) is 25.3 Å². The van der Waals surface area contributed by atoms with Crippen LogP contribution in [0.25, 0.3) is 0 Å². The normalized spacial score (nSPS) is 11.6. The molecular formula is C9H15N3O. The molecule has 72 valence electrons. The molecule has 0 bridgehead atoms. The summed E-state index contributed by atoms with van der Waals surface area (Å²) < 4.78 is 0. The maximum atomic E-state index is 11.0. The van der Waals surface area contributed by atoms with Gasteiger partial charge in [-0.1, -0.05) is 6.92 Å². The van der Waals surface area contributed by atoms with Crippen molar-refractivity contribution >= 4 is 12.6 Å². The third kappa shape index (κ3) is 6.80. The highest BCUT2D eigenvalue weighted by molar-refractivity contribution is 5.77. The molecule has 0 heterocycles. The molecule has 0 radical (unpaired) electrons. The number of aliphatic imine (C=N–C) groups is 1. The minimum Gasteiger partial charge on any atom is -0.385 e. The smallest absolute Gasteiger partial charge is 0.225 e. The summed E-state index contributed by atoms with van der Waals surface area (Å²) >= 11 is 0. The van der Waals surface area contributed by atoms with E-state index in [2.05, 4.69) is 17.0 Å². The lowest BCUT2D eigenvalue weighted by Gasteiger charge is -2.01. The lowest BCUT2D eigenvalue weighted by molar-refractivity contribution is -0.120. The van der Waals surface area contributed by atoms with Gasteiger partial charge in [-0.15, -0.1) is 0 Å². The maximum absolute atomic E-state index is 11.0. The summed E-state index contributed by atoms with van der Waals surface area (Å²) in [4.78, 5) is 14.5. The average Bonchev–Trinajstić information content (AvgIpc) is 2.05. The largest absolute Gasteiger partial charge is 0.385 e. The van der Waals surface area contributed by atoms with E-state index in [4.69, 9.17) is 5.73 Å². The number of amides is 1. The first-order valence-electron chi connectivity index (χ1n) is 4.08. The third-order valence-corrected chi connectivity index (χ3v) is 1.23. The number of hydrogen-bond acceptors (Lipinski definition) is 3. The molecule has 0 atom stereocenters. The summed E-state index contributed by atoms with van der Waals surface area (Å²) in [6.07, 6.45) is 5.94. The Morgan fingerprint density at radius 1 is 1.69 bits per heavy atom. The molecule has 4 nitrogen and oxygen atoms in total. The van der Waals surface area contributed by atoms with Crippen LogP contribution in [0, 0.1) is 0 Å². The molecule has 0 unspecified atom stereocenters. The second-order valence-electron chi connectivity index (χ2n) is 2.44. The Hall–Kier alpha value is -1.58. The van der Waals surface area contributed by atoms with Crippen molar-refractivity contribution in [1.82, 2.24) is 5.32 Å². The molecule has 0 aliphatic rings. The minimum absolute atomic E-state index is 0.0730. The third-order valence-electron chi connectivity index (χ3n) is 1.23. The molecule has 13 heavy (non-hydrogen) atoms. The molecule has 0 aliphatic carbocycles. The molecule has 1 amide bonds. The van der Waals surface area contributed by atoms with Crippen molar-refractivity contribution in [2.24, 2.45) is 10.7 Å². The van der Waals surface area contributed by atoms with Gasteiger partial charge in [-0.2, -0.15) is 0 Å². The minimum atomic E-state index is -0.0730. The Labute approximate surface area is 78.2 Å². The van der Waals surface area contributed by atoms with Gasteiger partial charge in [0, 0.05) is 12.6 Å². The molecule has 0 aromatic carbocycles. The van der Waals surface area contributed by atoms with E-state index >= 15 is 0 Å². The predicted octanol–water partition coefficient (Wildman–Crippen LogP) is 0.917. The van der Waals surface area contributed by atoms with Crippen LogP contribution in [-0.4, -0.2) is 12.6 Å². The molecule has 0 saturated heterocycles. The van der Waals surface area contributed by atoms with Crippen molar-refractivity contribution in [3.63, 3.8) is 0 Å². The Morgan fingerprint density at radius 2 is 2.38 bits per heavy atom. The SMILES string of the molecule is C=N/C=C\C=C(/N)NC(=O)CCC. The van der Waals surface area contributed by atoms with Crippen LogP contribution in [0.3, 0.4) is 0 Å². The molecule has 0 aromatic heterocycles. The van der Waals surface area contributed by atoms with Gasteiger partial charge in [-0.25, -0.2) is 0 Å². The summed E-state index contributed by atoms with van der Waals surface area (Å²) in [5.74, 6) is 0.245. The molecule has 0 spiro atoms. The molecule has 0 aromatic rings. The van der Waals surface area contributed by atoms with Gasteiger partial charge in [0.15, 0.2) is 0 Å². The number of nitrogens with zero attached hydrogens (tertiary/aromatic N) is 1. The maximum Gasteiger partial charge on any atom is 0.225 e. The van der Waals surface area contributed by atoms with Crippen LogP contribution >= 0.6 is 0 Å². The van der Waals surface area contributed by atoms with Gasteiger partial charge in [0.25, 0.3) is 0 Å². The van der Waals surface area contributed by atoms with Crippen molar-refractivity contribution in [3.8, 4) is 0 Å². The van der Waals surface area contributed by atoms with Crippen molar-refractivity contribution in [3.05, 3.63) is 24.2 Å². The summed E-state index contributed by atoms with van der Waals surface area (Å²) in [5.41, 5.74) is 5.46. The predicted molar refractivity (Wildman–Crippen MR) is 54.0 cm³/mol. The first kappa shape index (κ1) is 11.4. The lowest BCUT2D eigenvalue weighted by atomic mass is 10.3. The topological polar surface area (TPSA) is 67.5 Å². The van der Waals surface area contributed by atoms with Gasteiger partial charge >= 0.3 is 0 Å². The molecule has 0 rings (SSSR count). The van der Waals surface area contributed by atoms with Crippen LogP contribution in [0.4, 0.5) is 0 Å². The molecule has 0 fully saturated rings. The first-order valence-corrected chi connectivity index (χ1v) is 4.08. The van der Waals surface area contributed by atoms with E-state index < -0.39 is 0 Å². The van der Waals surface area contributed by atoms with Crippen LogP contribution < -0.4 is 11.1 Å². The number of hydrogen-bond donors (Lipinski definition) is 2. The van der Waals surface area contributed by atoms with Crippen LogP contribution in [-0.2, 0) is 4.79 Å². The van der Waals surface area contributed by atoms with Crippen LogP contribution in [0.15, 0.2) is 29.2 Å². The lowest BCUT2D eigenvalue weighted by Crippen LogP contribution is -2.26. The molecule has 3 N–H and O–H groups in total. The number of rotatable bonds is 5. The van der Waals surface area contributed by atoms with Crippen LogP contribution in [0.1, 0.15) is 19.8 Å². The number of nitrogens with one attached hydrogen (secondary N) is 1. The molecule has 4 heteroatoms. The Morgan fingerprint density at radius 3 is 2.92 bits per heavy atom. The second kappa shape index (κ2) is 7.09. The van der Waals surface area contributed by atoms with E-state index in [0.717, 1.165) is 6.42 Å². The van der Waals surface area contributed by atoms with Crippen LogP contribution in [0.5, 0.6) is 0 Å². The van der Waals surface area contributed by atoms with E-state index in [1.165, 1.54) is 6.20 Å². The summed E-state index contributed by atoms with van der Waals surface area (Å²) in [5, 5.41) is 2.53. The zero-order chi connectivity index (χ0) is 10.1. The fourth-order valence-corrected chi connectivity index (χ4v) is 0.700. The van der Waals surface area contributed by atoms with Gasteiger partial charge < -0.3 is 11.1 Å². The van der Waals surface area contributed by atoms with Gasteiger partial charge in [0.2, 0.25) is 5.91 Å². The Kier molecular flexibility index (Phi) is 6.23. The van der Waals surface area contributed by atoms with Crippen molar-refractivity contribution in [1.29, 1.82) is 0 Å². The quantitative estimate of drug-likeness (QED) is 0.489. The van der Waals surface area contributed by atoms with E-state index in [9.17, 15) is 4.79 Å². The Balaban J connectivity index is 3.90. The zero-order valence-corrected chi connectivity index (χ0v) is 7.79. The fraction of sp³-hybridized carbons (Fsp3) is 0.333. The second-order valence-corrected chi connectivity index (χ2v) is 2.44. The zero-order valence-electron chi connectivity index (χ0n) is 7.79. The highest BCUT2D eigenvalue weighted by Crippen LogP contribution is 1.88.